The molecule has 2 aromatic rings. The maximum Gasteiger partial charge on any atom is 0.268 e. The van der Waals surface area contributed by atoms with E-state index in [0.29, 0.717) is 10.8 Å². The number of hydrogen-bond donors (Lipinski definition) is 1. The van der Waals surface area contributed by atoms with Crippen molar-refractivity contribution in [2.45, 2.75) is 38.7 Å². The van der Waals surface area contributed by atoms with Crippen LogP contribution < -0.4 is 15.0 Å². The van der Waals surface area contributed by atoms with Crippen molar-refractivity contribution in [1.82, 2.24) is 0 Å². The lowest BCUT2D eigenvalue weighted by Gasteiger charge is -2.32. The lowest BCUT2D eigenvalue weighted by atomic mass is 10.1. The molecule has 0 bridgehead atoms. The van der Waals surface area contributed by atoms with E-state index in [2.05, 4.69) is 26.1 Å². The number of nitrogens with one attached hydrogen (secondary N) is 1. The molecule has 1 aliphatic heterocycles. The lowest BCUT2D eigenvalue weighted by Crippen LogP contribution is -2.43. The zero-order valence-electron chi connectivity index (χ0n) is 15.6. The van der Waals surface area contributed by atoms with Crippen molar-refractivity contribution in [3.05, 3.63) is 52.0 Å². The van der Waals surface area contributed by atoms with Gasteiger partial charge in [-0.25, -0.2) is 0 Å². The summed E-state index contributed by atoms with van der Waals surface area (Å²) in [5.41, 5.74) is 0.587. The first-order chi connectivity index (χ1) is 12.9. The fraction of sp³-hybridized carbons (Fsp3) is 0.381. The number of nitrogens with zero attached hydrogens (tertiary/aromatic N) is 1. The summed E-state index contributed by atoms with van der Waals surface area (Å²) in [7, 11) is 0. The summed E-state index contributed by atoms with van der Waals surface area (Å²) in [4.78, 5) is 15.2. The third-order valence-electron chi connectivity index (χ3n) is 4.64. The average Bonchev–Trinajstić information content (AvgIpc) is 2.64. The van der Waals surface area contributed by atoms with E-state index in [1.807, 2.05) is 42.5 Å². The van der Waals surface area contributed by atoms with Crippen LogP contribution in [0, 0.1) is 0 Å². The second-order valence-electron chi connectivity index (χ2n) is 7.20. The zero-order valence-corrected chi connectivity index (χ0v) is 17.9. The Hall–Kier alpha value is -1.72. The molecule has 0 saturated carbocycles. The van der Waals surface area contributed by atoms with Crippen LogP contribution in [0.4, 0.5) is 11.4 Å². The Balaban J connectivity index is 1.78. The molecule has 4 nitrogen and oxygen atoms in total. The second kappa shape index (κ2) is 8.53. The number of benzene rings is 2. The van der Waals surface area contributed by atoms with Crippen LogP contribution in [-0.2, 0) is 4.79 Å². The highest BCUT2D eigenvalue weighted by Gasteiger charge is 2.31. The van der Waals surface area contributed by atoms with Crippen LogP contribution in [0.1, 0.15) is 33.1 Å². The molecule has 6 heteroatoms. The molecule has 3 rings (SSSR count). The van der Waals surface area contributed by atoms with Gasteiger partial charge in [-0.1, -0.05) is 33.6 Å². The quantitative estimate of drug-likeness (QED) is 0.616. The Morgan fingerprint density at radius 1 is 1.11 bits per heavy atom. The van der Waals surface area contributed by atoms with E-state index in [4.69, 9.17) is 16.3 Å². The summed E-state index contributed by atoms with van der Waals surface area (Å²) < 4.78 is 6.89. The molecule has 27 heavy (non-hydrogen) atoms. The summed E-state index contributed by atoms with van der Waals surface area (Å²) in [5, 5.41) is 3.68. The number of piperidine rings is 1. The molecule has 0 aromatic heterocycles. The topological polar surface area (TPSA) is 41.6 Å². The van der Waals surface area contributed by atoms with Crippen molar-refractivity contribution in [3.63, 3.8) is 0 Å². The van der Waals surface area contributed by atoms with Gasteiger partial charge in [0.05, 0.1) is 16.4 Å². The van der Waals surface area contributed by atoms with Crippen LogP contribution in [0.15, 0.2) is 46.9 Å². The molecule has 0 atom stereocenters. The van der Waals surface area contributed by atoms with E-state index < -0.39 is 5.60 Å². The Morgan fingerprint density at radius 3 is 2.44 bits per heavy atom. The van der Waals surface area contributed by atoms with Gasteiger partial charge in [0.15, 0.2) is 5.60 Å². The summed E-state index contributed by atoms with van der Waals surface area (Å²) >= 11 is 9.88. The van der Waals surface area contributed by atoms with Gasteiger partial charge in [0.1, 0.15) is 5.75 Å². The standard InChI is InChI=1S/C21H24BrClN2O2/c1-21(2,27-16-11-9-15(22)10-12-16)20(26)24-18-8-6-7-17(23)19(18)25-13-4-3-5-14-25/h6-12H,3-5,13-14H2,1-2H3,(H,24,26). The summed E-state index contributed by atoms with van der Waals surface area (Å²) in [6, 6.07) is 13.0. The molecule has 2 aromatic carbocycles. The first-order valence-electron chi connectivity index (χ1n) is 9.16. The summed E-state index contributed by atoms with van der Waals surface area (Å²) in [6.07, 6.45) is 3.50. The van der Waals surface area contributed by atoms with Crippen LogP contribution in [0.25, 0.3) is 0 Å². The molecular formula is C21H24BrClN2O2. The smallest absolute Gasteiger partial charge is 0.268 e. The molecule has 1 fully saturated rings. The number of para-hydroxylation sites is 1. The summed E-state index contributed by atoms with van der Waals surface area (Å²) in [6.45, 7) is 5.42. The number of hydrogen-bond acceptors (Lipinski definition) is 3. The molecule has 1 heterocycles. The highest BCUT2D eigenvalue weighted by Crippen LogP contribution is 2.36. The van der Waals surface area contributed by atoms with Crippen molar-refractivity contribution in [1.29, 1.82) is 0 Å². The molecule has 0 aliphatic carbocycles. The fourth-order valence-corrected chi connectivity index (χ4v) is 3.73. The molecule has 144 valence electrons. The van der Waals surface area contributed by atoms with Crippen molar-refractivity contribution in [2.75, 3.05) is 23.3 Å². The van der Waals surface area contributed by atoms with E-state index in [1.165, 1.54) is 6.42 Å². The Kier molecular flexibility index (Phi) is 6.33. The third-order valence-corrected chi connectivity index (χ3v) is 5.47. The van der Waals surface area contributed by atoms with Crippen LogP contribution in [0.2, 0.25) is 5.02 Å². The first kappa shape index (κ1) is 20.0. The number of rotatable bonds is 5. The van der Waals surface area contributed by atoms with E-state index in [0.717, 1.165) is 41.8 Å². The molecule has 1 N–H and O–H groups in total. The van der Waals surface area contributed by atoms with Gasteiger partial charge in [-0.2, -0.15) is 0 Å². The van der Waals surface area contributed by atoms with Gasteiger partial charge in [-0.15, -0.1) is 0 Å². The third kappa shape index (κ3) is 4.96. The minimum Gasteiger partial charge on any atom is -0.478 e. The fourth-order valence-electron chi connectivity index (χ4n) is 3.17. The van der Waals surface area contributed by atoms with E-state index in [-0.39, 0.29) is 5.91 Å². The van der Waals surface area contributed by atoms with Crippen molar-refractivity contribution in [2.24, 2.45) is 0 Å². The molecule has 1 amide bonds. The number of ether oxygens (including phenoxy) is 1. The number of anilines is 2. The predicted molar refractivity (Wildman–Crippen MR) is 115 cm³/mol. The van der Waals surface area contributed by atoms with Gasteiger partial charge in [0.25, 0.3) is 5.91 Å². The van der Waals surface area contributed by atoms with Crippen LogP contribution >= 0.6 is 27.5 Å². The molecule has 1 saturated heterocycles. The Labute approximate surface area is 174 Å². The minimum absolute atomic E-state index is 0.217. The summed E-state index contributed by atoms with van der Waals surface area (Å²) in [5.74, 6) is 0.423. The SMILES string of the molecule is CC(C)(Oc1ccc(Br)cc1)C(=O)Nc1cccc(Cl)c1N1CCCCC1. The highest BCUT2D eigenvalue weighted by molar-refractivity contribution is 9.10. The van der Waals surface area contributed by atoms with Gasteiger partial charge < -0.3 is 15.0 Å². The number of halogens is 2. The maximum absolute atomic E-state index is 12.9. The Morgan fingerprint density at radius 2 is 1.78 bits per heavy atom. The number of carbonyl (C=O) groups excluding carboxylic acids is 1. The second-order valence-corrected chi connectivity index (χ2v) is 8.53. The minimum atomic E-state index is -1.03. The van der Waals surface area contributed by atoms with Crippen LogP contribution in [0.5, 0.6) is 5.75 Å². The monoisotopic (exact) mass is 450 g/mol. The van der Waals surface area contributed by atoms with Gasteiger partial charge in [0.2, 0.25) is 0 Å². The highest BCUT2D eigenvalue weighted by atomic mass is 79.9. The average molecular weight is 452 g/mol. The van der Waals surface area contributed by atoms with E-state index >= 15 is 0 Å². The van der Waals surface area contributed by atoms with Gasteiger partial charge in [-0.3, -0.25) is 4.79 Å². The molecule has 1 aliphatic rings. The largest absolute Gasteiger partial charge is 0.478 e. The van der Waals surface area contributed by atoms with Crippen molar-refractivity contribution >= 4 is 44.8 Å². The van der Waals surface area contributed by atoms with Gasteiger partial charge in [-0.05, 0) is 69.5 Å². The van der Waals surface area contributed by atoms with Crippen molar-refractivity contribution < 1.29 is 9.53 Å². The first-order valence-corrected chi connectivity index (χ1v) is 10.3. The maximum atomic E-state index is 12.9. The van der Waals surface area contributed by atoms with Gasteiger partial charge in [0, 0.05) is 17.6 Å². The number of carbonyl (C=O) groups is 1. The predicted octanol–water partition coefficient (Wildman–Crippen LogP) is 5.89. The van der Waals surface area contributed by atoms with Crippen LogP contribution in [0.3, 0.4) is 0 Å². The molecule has 0 unspecified atom stereocenters. The molecule has 0 spiro atoms. The van der Waals surface area contributed by atoms with E-state index in [9.17, 15) is 4.79 Å². The van der Waals surface area contributed by atoms with Crippen LogP contribution in [-0.4, -0.2) is 24.6 Å². The number of amides is 1. The molecule has 0 radical (unpaired) electrons. The lowest BCUT2D eigenvalue weighted by molar-refractivity contribution is -0.128. The normalized spacial score (nSPS) is 14.7. The van der Waals surface area contributed by atoms with Crippen molar-refractivity contribution in [3.8, 4) is 5.75 Å². The van der Waals surface area contributed by atoms with E-state index in [1.54, 1.807) is 13.8 Å². The molecular weight excluding hydrogens is 428 g/mol. The Bertz CT molecular complexity index is 802. The zero-order chi connectivity index (χ0) is 19.4. The van der Waals surface area contributed by atoms with Gasteiger partial charge >= 0.3 is 0 Å².